The Balaban J connectivity index is 1.92. The minimum absolute atomic E-state index is 0.00846. The van der Waals surface area contributed by atoms with E-state index in [0.29, 0.717) is 18.9 Å². The van der Waals surface area contributed by atoms with Crippen LogP contribution >= 0.6 is 0 Å². The molecule has 1 saturated carbocycles. The minimum Gasteiger partial charge on any atom is -0.355 e. The van der Waals surface area contributed by atoms with Crippen LogP contribution in [0.2, 0.25) is 0 Å². The quantitative estimate of drug-likeness (QED) is 0.806. The summed E-state index contributed by atoms with van der Waals surface area (Å²) < 4.78 is 0. The van der Waals surface area contributed by atoms with Crippen LogP contribution in [0.4, 0.5) is 5.69 Å². The lowest BCUT2D eigenvalue weighted by atomic mass is 9.98. The number of amides is 2. The van der Waals surface area contributed by atoms with Crippen molar-refractivity contribution in [3.8, 4) is 0 Å². The summed E-state index contributed by atoms with van der Waals surface area (Å²) in [5.41, 5.74) is 3.09. The van der Waals surface area contributed by atoms with E-state index < -0.39 is 0 Å². The van der Waals surface area contributed by atoms with Gasteiger partial charge < -0.3 is 15.5 Å². The van der Waals surface area contributed by atoms with E-state index in [9.17, 15) is 9.59 Å². The molecule has 0 radical (unpaired) electrons. The largest absolute Gasteiger partial charge is 0.355 e. The molecule has 1 aliphatic rings. The molecule has 5 heteroatoms. The van der Waals surface area contributed by atoms with Crippen LogP contribution in [0, 0.1) is 18.8 Å². The predicted molar refractivity (Wildman–Crippen MR) is 97.1 cm³/mol. The van der Waals surface area contributed by atoms with Crippen molar-refractivity contribution in [1.29, 1.82) is 0 Å². The number of benzene rings is 1. The van der Waals surface area contributed by atoms with Gasteiger partial charge in [-0.25, -0.2) is 0 Å². The highest BCUT2D eigenvalue weighted by Crippen LogP contribution is 2.40. The Morgan fingerprint density at radius 1 is 1.21 bits per heavy atom. The molecule has 1 aliphatic carbocycles. The second kappa shape index (κ2) is 7.79. The van der Waals surface area contributed by atoms with Crippen molar-refractivity contribution >= 4 is 17.5 Å². The van der Waals surface area contributed by atoms with Gasteiger partial charge in [0.15, 0.2) is 0 Å². The van der Waals surface area contributed by atoms with Crippen molar-refractivity contribution in [2.24, 2.45) is 11.8 Å². The number of rotatable bonds is 7. The highest BCUT2D eigenvalue weighted by atomic mass is 16.2. The predicted octanol–water partition coefficient (Wildman–Crippen LogP) is 2.37. The summed E-state index contributed by atoms with van der Waals surface area (Å²) in [7, 11) is 3.93. The molecule has 0 aliphatic heterocycles. The molecular formula is C19H29N3O2. The third-order valence-corrected chi connectivity index (χ3v) is 4.50. The summed E-state index contributed by atoms with van der Waals surface area (Å²) in [5, 5.41) is 5.96. The second-order valence-corrected chi connectivity index (χ2v) is 7.23. The fourth-order valence-electron chi connectivity index (χ4n) is 2.87. The molecule has 0 saturated heterocycles. The van der Waals surface area contributed by atoms with Gasteiger partial charge in [0.2, 0.25) is 11.8 Å². The number of hydrogen-bond donors (Lipinski definition) is 2. The maximum Gasteiger partial charge on any atom is 0.228 e. The number of aryl methyl sites for hydroxylation is 1. The number of carbonyl (C=O) groups is 2. The van der Waals surface area contributed by atoms with Gasteiger partial charge in [0, 0.05) is 18.8 Å². The summed E-state index contributed by atoms with van der Waals surface area (Å²) in [6.45, 7) is 7.65. The van der Waals surface area contributed by atoms with E-state index >= 15 is 0 Å². The van der Waals surface area contributed by atoms with Crippen LogP contribution in [0.25, 0.3) is 0 Å². The Bertz CT molecular complexity index is 611. The Morgan fingerprint density at radius 3 is 2.50 bits per heavy atom. The van der Waals surface area contributed by atoms with Crippen molar-refractivity contribution in [2.75, 3.05) is 32.5 Å². The van der Waals surface area contributed by atoms with Crippen LogP contribution < -0.4 is 10.6 Å². The van der Waals surface area contributed by atoms with E-state index in [1.807, 2.05) is 44.1 Å². The average molecular weight is 331 g/mol. The molecule has 1 aromatic rings. The number of para-hydroxylation sites is 1. The first kappa shape index (κ1) is 18.5. The molecule has 2 atom stereocenters. The van der Waals surface area contributed by atoms with E-state index in [-0.39, 0.29) is 23.7 Å². The molecule has 1 fully saturated rings. The molecular weight excluding hydrogens is 302 g/mol. The summed E-state index contributed by atoms with van der Waals surface area (Å²) >= 11 is 0. The summed E-state index contributed by atoms with van der Waals surface area (Å²) in [5.74, 6) is -0.1000. The molecule has 5 nitrogen and oxygen atoms in total. The first-order valence-electron chi connectivity index (χ1n) is 8.64. The summed E-state index contributed by atoms with van der Waals surface area (Å²) in [6, 6.07) is 6.06. The second-order valence-electron chi connectivity index (χ2n) is 7.23. The summed E-state index contributed by atoms with van der Waals surface area (Å²) in [4.78, 5) is 26.6. The lowest BCUT2D eigenvalue weighted by Gasteiger charge is -2.16. The van der Waals surface area contributed by atoms with Gasteiger partial charge in [-0.05, 0) is 44.5 Å². The number of hydrogen-bond acceptors (Lipinski definition) is 3. The topological polar surface area (TPSA) is 61.4 Å². The zero-order valence-electron chi connectivity index (χ0n) is 15.3. The highest BCUT2D eigenvalue weighted by molar-refractivity contribution is 6.00. The van der Waals surface area contributed by atoms with E-state index in [2.05, 4.69) is 24.5 Å². The zero-order chi connectivity index (χ0) is 17.9. The molecule has 0 spiro atoms. The fourth-order valence-corrected chi connectivity index (χ4v) is 2.87. The lowest BCUT2D eigenvalue weighted by Crippen LogP contribution is -2.33. The third-order valence-electron chi connectivity index (χ3n) is 4.50. The van der Waals surface area contributed by atoms with Gasteiger partial charge in [-0.3, -0.25) is 9.59 Å². The normalized spacial score (nSPS) is 19.5. The molecule has 1 aromatic carbocycles. The van der Waals surface area contributed by atoms with E-state index in [4.69, 9.17) is 0 Å². The van der Waals surface area contributed by atoms with Crippen molar-refractivity contribution in [3.63, 3.8) is 0 Å². The number of anilines is 1. The summed E-state index contributed by atoms with van der Waals surface area (Å²) in [6.07, 6.45) is 0.641. The van der Waals surface area contributed by atoms with Crippen molar-refractivity contribution < 1.29 is 9.59 Å². The smallest absolute Gasteiger partial charge is 0.228 e. The molecule has 2 rings (SSSR count). The van der Waals surface area contributed by atoms with Crippen LogP contribution in [0.3, 0.4) is 0 Å². The Morgan fingerprint density at radius 2 is 1.88 bits per heavy atom. The lowest BCUT2D eigenvalue weighted by molar-refractivity contribution is -0.125. The van der Waals surface area contributed by atoms with Crippen molar-refractivity contribution in [1.82, 2.24) is 10.2 Å². The SMILES string of the molecule is Cc1cccc(C(C)C)c1NC(=O)C1CC1C(=O)NCCN(C)C. The molecule has 24 heavy (non-hydrogen) atoms. The van der Waals surface area contributed by atoms with E-state index in [0.717, 1.165) is 23.4 Å². The molecule has 132 valence electrons. The highest BCUT2D eigenvalue weighted by Gasteiger charge is 2.48. The monoisotopic (exact) mass is 331 g/mol. The Labute approximate surface area is 144 Å². The standard InChI is InChI=1S/C19H29N3O2/c1-12(2)14-8-6-7-13(3)17(14)21-19(24)16-11-15(16)18(23)20-9-10-22(4)5/h6-8,12,15-16H,9-11H2,1-5H3,(H,20,23)(H,21,24). The van der Waals surface area contributed by atoms with Crippen LogP contribution in [0.5, 0.6) is 0 Å². The van der Waals surface area contributed by atoms with Gasteiger partial charge >= 0.3 is 0 Å². The Hall–Kier alpha value is -1.88. The van der Waals surface area contributed by atoms with Crippen LogP contribution in [-0.2, 0) is 9.59 Å². The van der Waals surface area contributed by atoms with Gasteiger partial charge in [-0.15, -0.1) is 0 Å². The van der Waals surface area contributed by atoms with Gasteiger partial charge in [-0.2, -0.15) is 0 Å². The Kier molecular flexibility index (Phi) is 5.99. The van der Waals surface area contributed by atoms with Gasteiger partial charge in [0.1, 0.15) is 0 Å². The van der Waals surface area contributed by atoms with Gasteiger partial charge in [-0.1, -0.05) is 32.0 Å². The van der Waals surface area contributed by atoms with Crippen LogP contribution in [0.15, 0.2) is 18.2 Å². The number of nitrogens with one attached hydrogen (secondary N) is 2. The molecule has 0 heterocycles. The van der Waals surface area contributed by atoms with Crippen molar-refractivity contribution in [2.45, 2.75) is 33.1 Å². The van der Waals surface area contributed by atoms with E-state index in [1.165, 1.54) is 0 Å². The van der Waals surface area contributed by atoms with Gasteiger partial charge in [0.05, 0.1) is 11.8 Å². The first-order chi connectivity index (χ1) is 11.3. The fraction of sp³-hybridized carbons (Fsp3) is 0.579. The van der Waals surface area contributed by atoms with Crippen LogP contribution in [0.1, 0.15) is 37.3 Å². The van der Waals surface area contributed by atoms with E-state index in [1.54, 1.807) is 0 Å². The van der Waals surface area contributed by atoms with Crippen molar-refractivity contribution in [3.05, 3.63) is 29.3 Å². The zero-order valence-corrected chi connectivity index (χ0v) is 15.3. The molecule has 0 bridgehead atoms. The van der Waals surface area contributed by atoms with Crippen LogP contribution in [-0.4, -0.2) is 43.9 Å². The first-order valence-corrected chi connectivity index (χ1v) is 8.64. The number of carbonyl (C=O) groups excluding carboxylic acids is 2. The molecule has 2 N–H and O–H groups in total. The maximum absolute atomic E-state index is 12.5. The molecule has 2 unspecified atom stereocenters. The number of likely N-dealkylation sites (N-methyl/N-ethyl adjacent to an activating group) is 1. The molecule has 2 amide bonds. The average Bonchev–Trinajstić information content (AvgIpc) is 3.29. The maximum atomic E-state index is 12.5. The number of nitrogens with zero attached hydrogens (tertiary/aromatic N) is 1. The van der Waals surface area contributed by atoms with Gasteiger partial charge in [0.25, 0.3) is 0 Å². The minimum atomic E-state index is -0.205. The molecule has 0 aromatic heterocycles. The third kappa shape index (κ3) is 4.57.